The normalized spacial score (nSPS) is 11.7. The Kier molecular flexibility index (Phi) is 4.74. The van der Waals surface area contributed by atoms with Crippen molar-refractivity contribution < 1.29 is 27.8 Å². The second kappa shape index (κ2) is 6.56. The zero-order valence-electron chi connectivity index (χ0n) is 12.1. The largest absolute Gasteiger partial charge is 0.504 e. The van der Waals surface area contributed by atoms with Gasteiger partial charge in [0.15, 0.2) is 17.3 Å². The number of phenolic OH excluding ortho intramolecular Hbond substituents is 1. The summed E-state index contributed by atoms with van der Waals surface area (Å²) < 4.78 is 42.8. The van der Waals surface area contributed by atoms with Gasteiger partial charge in [-0.1, -0.05) is 24.3 Å². The number of halogens is 3. The molecular weight excluding hydrogens is 309 g/mol. The fraction of sp³-hybridized carbons (Fsp3) is 0.118. The Hall–Kier alpha value is -2.76. The van der Waals surface area contributed by atoms with Crippen LogP contribution in [0.2, 0.25) is 0 Å². The summed E-state index contributed by atoms with van der Waals surface area (Å²) in [6, 6.07) is 8.71. The molecule has 0 amide bonds. The first-order valence-corrected chi connectivity index (χ1v) is 6.58. The molecular formula is C17H13F3O3. The van der Waals surface area contributed by atoms with Crippen LogP contribution in [0.25, 0.3) is 6.08 Å². The highest BCUT2D eigenvalue weighted by molar-refractivity contribution is 6.06. The van der Waals surface area contributed by atoms with Crippen LogP contribution < -0.4 is 4.74 Å². The van der Waals surface area contributed by atoms with Crippen LogP contribution in [0.3, 0.4) is 0 Å². The molecule has 120 valence electrons. The Morgan fingerprint density at radius 1 is 1.17 bits per heavy atom. The summed E-state index contributed by atoms with van der Waals surface area (Å²) >= 11 is 0. The molecule has 23 heavy (non-hydrogen) atoms. The van der Waals surface area contributed by atoms with Crippen LogP contribution in [-0.2, 0) is 6.18 Å². The van der Waals surface area contributed by atoms with Gasteiger partial charge in [0.2, 0.25) is 0 Å². The number of allylic oxidation sites excluding steroid dienone is 1. The molecule has 0 atom stereocenters. The maximum Gasteiger partial charge on any atom is 0.416 e. The highest BCUT2D eigenvalue weighted by Crippen LogP contribution is 2.30. The van der Waals surface area contributed by atoms with E-state index in [0.717, 1.165) is 18.2 Å². The molecule has 0 aliphatic rings. The van der Waals surface area contributed by atoms with Gasteiger partial charge in [0.25, 0.3) is 0 Å². The third kappa shape index (κ3) is 4.12. The quantitative estimate of drug-likeness (QED) is 0.674. The molecule has 0 aliphatic heterocycles. The highest BCUT2D eigenvalue weighted by Gasteiger charge is 2.30. The number of ether oxygens (including phenoxy) is 1. The molecule has 0 spiro atoms. The van der Waals surface area contributed by atoms with E-state index in [1.54, 1.807) is 6.07 Å². The number of aromatic hydroxyl groups is 1. The molecule has 0 heterocycles. The van der Waals surface area contributed by atoms with E-state index in [0.29, 0.717) is 5.56 Å². The number of methoxy groups -OCH3 is 1. The molecule has 2 aromatic rings. The number of alkyl halides is 3. The maximum atomic E-state index is 12.6. The predicted molar refractivity (Wildman–Crippen MR) is 79.5 cm³/mol. The van der Waals surface area contributed by atoms with Crippen molar-refractivity contribution in [3.8, 4) is 11.5 Å². The predicted octanol–water partition coefficient (Wildman–Crippen LogP) is 4.32. The van der Waals surface area contributed by atoms with Crippen molar-refractivity contribution in [2.45, 2.75) is 6.18 Å². The minimum atomic E-state index is -4.50. The van der Waals surface area contributed by atoms with Crippen molar-refractivity contribution in [3.05, 3.63) is 65.2 Å². The summed E-state index contributed by atoms with van der Waals surface area (Å²) in [5, 5.41) is 9.63. The molecule has 2 rings (SSSR count). The van der Waals surface area contributed by atoms with Crippen LogP contribution in [0.15, 0.2) is 48.5 Å². The van der Waals surface area contributed by atoms with Crippen LogP contribution in [0.4, 0.5) is 13.2 Å². The van der Waals surface area contributed by atoms with Gasteiger partial charge < -0.3 is 9.84 Å². The van der Waals surface area contributed by atoms with Crippen LogP contribution in [0, 0.1) is 0 Å². The standard InChI is InChI=1S/C17H13F3O3/c1-23-16-8-6-11(9-15(16)22)5-7-14(21)12-3-2-4-13(10-12)17(18,19)20/h2-10,22H,1H3. The van der Waals surface area contributed by atoms with Gasteiger partial charge in [0.1, 0.15) is 0 Å². The molecule has 0 fully saturated rings. The molecule has 0 saturated heterocycles. The summed E-state index contributed by atoms with van der Waals surface area (Å²) in [5.74, 6) is -0.376. The molecule has 0 radical (unpaired) electrons. The van der Waals surface area contributed by atoms with Crippen molar-refractivity contribution in [2.75, 3.05) is 7.11 Å². The average Bonchev–Trinajstić information content (AvgIpc) is 2.52. The molecule has 2 aromatic carbocycles. The number of benzene rings is 2. The van der Waals surface area contributed by atoms with Gasteiger partial charge in [-0.3, -0.25) is 4.79 Å². The van der Waals surface area contributed by atoms with Crippen molar-refractivity contribution in [1.29, 1.82) is 0 Å². The van der Waals surface area contributed by atoms with Crippen LogP contribution in [0.5, 0.6) is 11.5 Å². The molecule has 0 saturated carbocycles. The van der Waals surface area contributed by atoms with Gasteiger partial charge in [0, 0.05) is 5.56 Å². The number of phenols is 1. The Bertz CT molecular complexity index is 749. The first-order chi connectivity index (χ1) is 10.8. The monoisotopic (exact) mass is 322 g/mol. The second-order valence-corrected chi connectivity index (χ2v) is 4.71. The van der Waals surface area contributed by atoms with E-state index in [4.69, 9.17) is 4.74 Å². The fourth-order valence-electron chi connectivity index (χ4n) is 1.93. The van der Waals surface area contributed by atoms with Crippen molar-refractivity contribution >= 4 is 11.9 Å². The third-order valence-corrected chi connectivity index (χ3v) is 3.10. The Morgan fingerprint density at radius 2 is 1.91 bits per heavy atom. The summed E-state index contributed by atoms with van der Waals surface area (Å²) in [7, 11) is 1.40. The summed E-state index contributed by atoms with van der Waals surface area (Å²) in [4.78, 5) is 12.0. The van der Waals surface area contributed by atoms with E-state index >= 15 is 0 Å². The average molecular weight is 322 g/mol. The Morgan fingerprint density at radius 3 is 2.52 bits per heavy atom. The lowest BCUT2D eigenvalue weighted by Gasteiger charge is -2.07. The van der Waals surface area contributed by atoms with E-state index in [2.05, 4.69) is 0 Å². The lowest BCUT2D eigenvalue weighted by Crippen LogP contribution is -2.06. The summed E-state index contributed by atoms with van der Waals surface area (Å²) in [6.07, 6.45) is -1.94. The lowest BCUT2D eigenvalue weighted by atomic mass is 10.1. The summed E-state index contributed by atoms with van der Waals surface area (Å²) in [5.41, 5.74) is -0.420. The molecule has 6 heteroatoms. The van der Waals surface area contributed by atoms with E-state index < -0.39 is 17.5 Å². The lowest BCUT2D eigenvalue weighted by molar-refractivity contribution is -0.137. The summed E-state index contributed by atoms with van der Waals surface area (Å²) in [6.45, 7) is 0. The number of rotatable bonds is 4. The molecule has 3 nitrogen and oxygen atoms in total. The number of hydrogen-bond donors (Lipinski definition) is 1. The smallest absolute Gasteiger partial charge is 0.416 e. The van der Waals surface area contributed by atoms with Crippen molar-refractivity contribution in [1.82, 2.24) is 0 Å². The molecule has 0 aromatic heterocycles. The van der Waals surface area contributed by atoms with E-state index in [1.807, 2.05) is 0 Å². The minimum Gasteiger partial charge on any atom is -0.504 e. The topological polar surface area (TPSA) is 46.5 Å². The van der Waals surface area contributed by atoms with E-state index in [-0.39, 0.29) is 17.1 Å². The van der Waals surface area contributed by atoms with Gasteiger partial charge in [-0.2, -0.15) is 13.2 Å². The Balaban J connectivity index is 2.20. The van der Waals surface area contributed by atoms with Gasteiger partial charge in [-0.05, 0) is 35.9 Å². The number of ketones is 1. The minimum absolute atomic E-state index is 0.0613. The fourth-order valence-corrected chi connectivity index (χ4v) is 1.93. The van der Waals surface area contributed by atoms with Crippen LogP contribution in [-0.4, -0.2) is 18.0 Å². The second-order valence-electron chi connectivity index (χ2n) is 4.71. The van der Waals surface area contributed by atoms with Gasteiger partial charge in [-0.25, -0.2) is 0 Å². The number of hydrogen-bond acceptors (Lipinski definition) is 3. The zero-order valence-corrected chi connectivity index (χ0v) is 12.1. The van der Waals surface area contributed by atoms with Gasteiger partial charge in [-0.15, -0.1) is 0 Å². The SMILES string of the molecule is COc1ccc(C=CC(=O)c2cccc(C(F)(F)F)c2)cc1O. The first-order valence-electron chi connectivity index (χ1n) is 6.58. The Labute approximate surface area is 130 Å². The van der Waals surface area contributed by atoms with Gasteiger partial charge in [0.05, 0.1) is 12.7 Å². The molecule has 0 aliphatic carbocycles. The molecule has 0 bridgehead atoms. The highest BCUT2D eigenvalue weighted by atomic mass is 19.4. The van der Waals surface area contributed by atoms with E-state index in [9.17, 15) is 23.1 Å². The van der Waals surface area contributed by atoms with Crippen molar-refractivity contribution in [2.24, 2.45) is 0 Å². The maximum absolute atomic E-state index is 12.6. The number of carbonyl (C=O) groups excluding carboxylic acids is 1. The van der Waals surface area contributed by atoms with Crippen LogP contribution >= 0.6 is 0 Å². The molecule has 1 N–H and O–H groups in total. The third-order valence-electron chi connectivity index (χ3n) is 3.10. The zero-order chi connectivity index (χ0) is 17.0. The van der Waals surface area contributed by atoms with E-state index in [1.165, 1.54) is 37.5 Å². The van der Waals surface area contributed by atoms with Gasteiger partial charge >= 0.3 is 6.18 Å². The van der Waals surface area contributed by atoms with Crippen LogP contribution in [0.1, 0.15) is 21.5 Å². The van der Waals surface area contributed by atoms with Crippen molar-refractivity contribution in [3.63, 3.8) is 0 Å². The number of carbonyl (C=O) groups is 1. The molecule has 0 unspecified atom stereocenters. The first kappa shape index (κ1) is 16.6.